The van der Waals surface area contributed by atoms with Crippen molar-refractivity contribution in [2.75, 3.05) is 26.4 Å². The number of allylic oxidation sites excluding steroid dienone is 1. The lowest BCUT2D eigenvalue weighted by Crippen LogP contribution is -2.45. The van der Waals surface area contributed by atoms with Crippen LogP contribution >= 0.6 is 0 Å². The first kappa shape index (κ1) is 64.4. The second kappa shape index (κ2) is 38.8. The molecule has 0 N–H and O–H groups in total. The first-order valence-corrected chi connectivity index (χ1v) is 30.7. The molecule has 2 aromatic carbocycles. The van der Waals surface area contributed by atoms with Crippen LogP contribution in [-0.4, -0.2) is 70.7 Å². The van der Waals surface area contributed by atoms with E-state index >= 15 is 0 Å². The van der Waals surface area contributed by atoms with Crippen LogP contribution in [0.4, 0.5) is 0 Å². The highest BCUT2D eigenvalue weighted by molar-refractivity contribution is 6.74. The van der Waals surface area contributed by atoms with Gasteiger partial charge in [-0.2, -0.15) is 0 Å². The van der Waals surface area contributed by atoms with Crippen molar-refractivity contribution in [3.8, 4) is 11.8 Å². The Bertz CT molecular complexity index is 1950. The fraction of sp³-hybridized carbons (Fsp3) is 0.656. The van der Waals surface area contributed by atoms with Gasteiger partial charge >= 0.3 is 29.8 Å². The van der Waals surface area contributed by atoms with Gasteiger partial charge in [-0.3, -0.25) is 24.0 Å². The fourth-order valence-electron chi connectivity index (χ4n) is 7.55. The van der Waals surface area contributed by atoms with E-state index in [1.54, 1.807) is 0 Å². The molecule has 0 saturated carbocycles. The first-order chi connectivity index (χ1) is 35.0. The van der Waals surface area contributed by atoms with Crippen LogP contribution in [0.5, 0.6) is 0 Å². The third-order valence-electron chi connectivity index (χ3n) is 13.1. The second-order valence-electron chi connectivity index (χ2n) is 21.2. The summed E-state index contributed by atoms with van der Waals surface area (Å²) in [5, 5.41) is -0.0907. The van der Waals surface area contributed by atoms with Crippen molar-refractivity contribution in [2.45, 2.75) is 233 Å². The van der Waals surface area contributed by atoms with Crippen LogP contribution < -0.4 is 0 Å². The molecule has 0 aromatic heterocycles. The molecule has 2 rings (SSSR count). The number of carbonyl (C=O) groups excluding carboxylic acids is 5. The lowest BCUT2D eigenvalue weighted by atomic mass is 10.1. The summed E-state index contributed by atoms with van der Waals surface area (Å²) in [6.45, 7) is 18.4. The van der Waals surface area contributed by atoms with E-state index < -0.39 is 20.4 Å². The van der Waals surface area contributed by atoms with E-state index in [1.165, 1.54) is 44.9 Å². The number of rotatable bonds is 39. The highest BCUT2D eigenvalue weighted by Crippen LogP contribution is 2.38. The molecule has 73 heavy (non-hydrogen) atoms. The summed E-state index contributed by atoms with van der Waals surface area (Å²) in [5.41, 5.74) is 4.53. The zero-order chi connectivity index (χ0) is 53.6. The predicted octanol–water partition coefficient (Wildman–Crippen LogP) is 14.6. The number of unbranched alkanes of at least 4 members (excludes halogenated alkanes) is 17. The van der Waals surface area contributed by atoms with Gasteiger partial charge in [0.2, 0.25) is 0 Å². The zero-order valence-electron chi connectivity index (χ0n) is 46.5. The lowest BCUT2D eigenvalue weighted by Gasteiger charge is -2.39. The Morgan fingerprint density at radius 3 is 1.36 bits per heavy atom. The number of ether oxygens (including phenoxy) is 5. The summed E-state index contributed by atoms with van der Waals surface area (Å²) in [6, 6.07) is 15.1. The van der Waals surface area contributed by atoms with Crippen LogP contribution in [0.25, 0.3) is 0 Å². The molecule has 0 bridgehead atoms. The standard InChI is InChI=1S/C61H94O11Si/c1-9-10-11-12-13-14-15-18-21-27-43-68-59(65)47-55(72-73(7,8)61(4,5)6)48-60(66)69-44-28-23-25-30-57(63)71-49-54-39-35-52(36-40-54)32-31-51-33-37-53(38-34-51)46-58(64)67-42-26-22-19-16-17-20-24-29-56(62)70-45-41-50(2)3/h33-41,55H,9-30,42-49H2,1-8H3. The molecule has 0 radical (unpaired) electrons. The van der Waals surface area contributed by atoms with E-state index in [1.807, 2.05) is 68.5 Å². The van der Waals surface area contributed by atoms with Gasteiger partial charge in [-0.05, 0) is 112 Å². The molecule has 0 heterocycles. The van der Waals surface area contributed by atoms with Crippen LogP contribution in [0.3, 0.4) is 0 Å². The average Bonchev–Trinajstić information content (AvgIpc) is 3.33. The zero-order valence-corrected chi connectivity index (χ0v) is 47.5. The van der Waals surface area contributed by atoms with Gasteiger partial charge in [-0.1, -0.05) is 159 Å². The highest BCUT2D eigenvalue weighted by Gasteiger charge is 2.40. The van der Waals surface area contributed by atoms with Gasteiger partial charge in [-0.25, -0.2) is 0 Å². The molecule has 0 aliphatic carbocycles. The third-order valence-corrected chi connectivity index (χ3v) is 17.7. The molecule has 408 valence electrons. The van der Waals surface area contributed by atoms with Gasteiger partial charge in [0.25, 0.3) is 0 Å². The normalized spacial score (nSPS) is 11.7. The molecule has 1 atom stereocenters. The molecule has 0 fully saturated rings. The quantitative estimate of drug-likeness (QED) is 0.0158. The molecule has 0 aliphatic rings. The van der Waals surface area contributed by atoms with E-state index in [2.05, 4.69) is 52.6 Å². The van der Waals surface area contributed by atoms with Crippen LogP contribution in [0.1, 0.15) is 218 Å². The van der Waals surface area contributed by atoms with E-state index in [9.17, 15) is 24.0 Å². The topological polar surface area (TPSA) is 141 Å². The summed E-state index contributed by atoms with van der Waals surface area (Å²) >= 11 is 0. The molecule has 0 spiro atoms. The number of carbonyl (C=O) groups is 5. The lowest BCUT2D eigenvalue weighted by molar-refractivity contribution is -0.150. The summed E-state index contributed by atoms with van der Waals surface area (Å²) in [6.07, 6.45) is 23.3. The molecular formula is C61H94O11Si. The van der Waals surface area contributed by atoms with Gasteiger partial charge in [-0.15, -0.1) is 0 Å². The molecule has 2 aromatic rings. The molecule has 11 nitrogen and oxygen atoms in total. The SMILES string of the molecule is CCCCCCCCCCCCOC(=O)CC(CC(=O)OCCCCCC(=O)OCc1ccc(C#Cc2ccc(CC(=O)OCCCCCCCCCC(=O)OCC=C(C)C)cc2)cc1)O[Si](C)(C)C(C)(C)C. The minimum Gasteiger partial charge on any atom is -0.466 e. The summed E-state index contributed by atoms with van der Waals surface area (Å²) < 4.78 is 33.8. The maximum Gasteiger partial charge on any atom is 0.310 e. The van der Waals surface area contributed by atoms with Crippen molar-refractivity contribution >= 4 is 38.2 Å². The van der Waals surface area contributed by atoms with E-state index in [4.69, 9.17) is 28.1 Å². The molecular weight excluding hydrogens is 937 g/mol. The van der Waals surface area contributed by atoms with Crippen molar-refractivity contribution in [1.29, 1.82) is 0 Å². The van der Waals surface area contributed by atoms with Crippen molar-refractivity contribution in [3.63, 3.8) is 0 Å². The van der Waals surface area contributed by atoms with Gasteiger partial charge in [0.1, 0.15) is 13.2 Å². The second-order valence-corrected chi connectivity index (χ2v) is 26.0. The van der Waals surface area contributed by atoms with E-state index in [0.717, 1.165) is 92.0 Å². The van der Waals surface area contributed by atoms with Gasteiger partial charge < -0.3 is 28.1 Å². The number of benzene rings is 2. The predicted molar refractivity (Wildman–Crippen MR) is 294 cm³/mol. The summed E-state index contributed by atoms with van der Waals surface area (Å²) in [4.78, 5) is 62.3. The Kier molecular flexibility index (Phi) is 34.2. The Labute approximate surface area is 442 Å². The number of esters is 5. The summed E-state index contributed by atoms with van der Waals surface area (Å²) in [5.74, 6) is 4.92. The smallest absolute Gasteiger partial charge is 0.310 e. The Hall–Kier alpha value is -4.73. The maximum atomic E-state index is 12.9. The monoisotopic (exact) mass is 1030 g/mol. The van der Waals surface area contributed by atoms with Crippen LogP contribution in [0, 0.1) is 11.8 Å². The molecule has 0 aliphatic heterocycles. The minimum atomic E-state index is -2.27. The van der Waals surface area contributed by atoms with E-state index in [-0.39, 0.29) is 67.8 Å². The van der Waals surface area contributed by atoms with Crippen LogP contribution in [0.15, 0.2) is 60.2 Å². The van der Waals surface area contributed by atoms with Crippen molar-refractivity contribution in [2.24, 2.45) is 0 Å². The molecule has 0 amide bonds. The molecule has 1 unspecified atom stereocenters. The van der Waals surface area contributed by atoms with Gasteiger partial charge in [0.05, 0.1) is 45.2 Å². The molecule has 0 saturated heterocycles. The number of hydrogen-bond acceptors (Lipinski definition) is 11. The Morgan fingerprint density at radius 1 is 0.507 bits per heavy atom. The third kappa shape index (κ3) is 33.7. The van der Waals surface area contributed by atoms with Crippen LogP contribution in [0.2, 0.25) is 18.1 Å². The summed E-state index contributed by atoms with van der Waals surface area (Å²) in [7, 11) is -2.27. The van der Waals surface area contributed by atoms with Crippen molar-refractivity contribution < 1.29 is 52.1 Å². The number of hydrogen-bond donors (Lipinski definition) is 0. The Balaban J connectivity index is 1.59. The largest absolute Gasteiger partial charge is 0.466 e. The average molecular weight is 1030 g/mol. The first-order valence-electron chi connectivity index (χ1n) is 27.8. The van der Waals surface area contributed by atoms with Gasteiger partial charge in [0, 0.05) is 24.0 Å². The van der Waals surface area contributed by atoms with Gasteiger partial charge in [0.15, 0.2) is 8.32 Å². The maximum absolute atomic E-state index is 12.9. The highest BCUT2D eigenvalue weighted by atomic mass is 28.4. The van der Waals surface area contributed by atoms with Crippen molar-refractivity contribution in [3.05, 3.63) is 82.4 Å². The minimum absolute atomic E-state index is 0.0133. The Morgan fingerprint density at radius 2 is 0.904 bits per heavy atom. The van der Waals surface area contributed by atoms with Crippen molar-refractivity contribution in [1.82, 2.24) is 0 Å². The fourth-order valence-corrected chi connectivity index (χ4v) is 8.90. The van der Waals surface area contributed by atoms with E-state index in [0.29, 0.717) is 45.5 Å². The molecule has 12 heteroatoms. The van der Waals surface area contributed by atoms with Crippen LogP contribution in [-0.2, 0) is 65.1 Å².